The van der Waals surface area contributed by atoms with E-state index in [9.17, 15) is 9.59 Å². The number of benzene rings is 3. The molecule has 0 aliphatic carbocycles. The highest BCUT2D eigenvalue weighted by Gasteiger charge is 2.17. The van der Waals surface area contributed by atoms with Crippen molar-refractivity contribution in [1.29, 1.82) is 0 Å². The smallest absolute Gasteiger partial charge is 0.255 e. The van der Waals surface area contributed by atoms with Crippen molar-refractivity contribution in [3.63, 3.8) is 0 Å². The summed E-state index contributed by atoms with van der Waals surface area (Å²) in [5.41, 5.74) is 2.56. The van der Waals surface area contributed by atoms with Crippen LogP contribution in [0.1, 0.15) is 23.2 Å². The minimum atomic E-state index is -0.207. The highest BCUT2D eigenvalue weighted by molar-refractivity contribution is 6.04. The highest BCUT2D eigenvalue weighted by Crippen LogP contribution is 2.25. The molecular formula is C26H27N3O4. The first-order valence-corrected chi connectivity index (χ1v) is 11.0. The van der Waals surface area contributed by atoms with Gasteiger partial charge >= 0.3 is 0 Å². The van der Waals surface area contributed by atoms with Crippen LogP contribution in [0.4, 0.5) is 17.1 Å². The molecule has 1 unspecified atom stereocenters. The Bertz CT molecular complexity index is 1080. The van der Waals surface area contributed by atoms with Gasteiger partial charge in [-0.3, -0.25) is 9.59 Å². The minimum absolute atomic E-state index is 0.0656. The Balaban J connectivity index is 1.29. The summed E-state index contributed by atoms with van der Waals surface area (Å²) >= 11 is 0. The molecule has 0 bridgehead atoms. The van der Waals surface area contributed by atoms with Gasteiger partial charge in [-0.1, -0.05) is 36.4 Å². The van der Waals surface area contributed by atoms with E-state index in [1.165, 1.54) is 0 Å². The Labute approximate surface area is 193 Å². The van der Waals surface area contributed by atoms with Crippen molar-refractivity contribution < 1.29 is 19.1 Å². The molecule has 1 aliphatic heterocycles. The fraction of sp³-hybridized carbons (Fsp3) is 0.231. The maximum Gasteiger partial charge on any atom is 0.255 e. The molecule has 0 radical (unpaired) electrons. The molecule has 1 saturated heterocycles. The first-order chi connectivity index (χ1) is 16.2. The molecule has 33 heavy (non-hydrogen) atoms. The lowest BCUT2D eigenvalue weighted by Crippen LogP contribution is -2.23. The van der Waals surface area contributed by atoms with Gasteiger partial charge in [0.05, 0.1) is 18.3 Å². The van der Waals surface area contributed by atoms with Gasteiger partial charge in [0.15, 0.2) is 0 Å². The number of carbonyl (C=O) groups is 2. The summed E-state index contributed by atoms with van der Waals surface area (Å²) in [4.78, 5) is 24.9. The number of ether oxygens (including phenoxy) is 2. The zero-order valence-corrected chi connectivity index (χ0v) is 18.3. The van der Waals surface area contributed by atoms with Gasteiger partial charge in [-0.05, 0) is 55.3 Å². The lowest BCUT2D eigenvalue weighted by molar-refractivity contribution is -0.114. The molecule has 3 aromatic rings. The maximum absolute atomic E-state index is 12.5. The molecule has 3 N–H and O–H groups in total. The number of anilines is 3. The predicted octanol–water partition coefficient (Wildman–Crippen LogP) is 4.55. The molecule has 4 rings (SSSR count). The molecule has 1 atom stereocenters. The van der Waals surface area contributed by atoms with E-state index >= 15 is 0 Å². The van der Waals surface area contributed by atoms with Gasteiger partial charge in [0.1, 0.15) is 12.4 Å². The van der Waals surface area contributed by atoms with Gasteiger partial charge in [-0.2, -0.15) is 0 Å². The van der Waals surface area contributed by atoms with Crippen molar-refractivity contribution in [3.05, 3.63) is 84.4 Å². The summed E-state index contributed by atoms with van der Waals surface area (Å²) in [5, 5.41) is 8.84. The van der Waals surface area contributed by atoms with Crippen LogP contribution in [0.3, 0.4) is 0 Å². The summed E-state index contributed by atoms with van der Waals surface area (Å²) < 4.78 is 11.5. The van der Waals surface area contributed by atoms with Crippen LogP contribution < -0.4 is 20.7 Å². The number of nitrogens with one attached hydrogen (secondary N) is 3. The molecule has 0 spiro atoms. The average molecular weight is 446 g/mol. The molecule has 1 fully saturated rings. The number of amides is 2. The molecule has 7 heteroatoms. The van der Waals surface area contributed by atoms with Crippen molar-refractivity contribution in [2.75, 3.05) is 35.7 Å². The third-order valence-electron chi connectivity index (χ3n) is 5.22. The number of hydrogen-bond acceptors (Lipinski definition) is 5. The first kappa shape index (κ1) is 22.4. The largest absolute Gasteiger partial charge is 0.489 e. The maximum atomic E-state index is 12.5. The number of para-hydroxylation sites is 2. The highest BCUT2D eigenvalue weighted by atomic mass is 16.5. The second kappa shape index (κ2) is 11.2. The lowest BCUT2D eigenvalue weighted by Gasteiger charge is -2.15. The van der Waals surface area contributed by atoms with Crippen LogP contribution in [0, 0.1) is 0 Å². The topological polar surface area (TPSA) is 88.7 Å². The standard InChI is InChI=1S/C26H27N3O4/c30-25(29-23-13-4-5-14-24(23)33-18-22-12-7-15-32-22)17-27-20-10-6-11-21(16-20)28-26(31)19-8-2-1-3-9-19/h1-6,8-11,13-14,16,22,27H,7,12,15,17-18H2,(H,28,31)(H,29,30). The Morgan fingerprint density at radius 1 is 0.909 bits per heavy atom. The van der Waals surface area contributed by atoms with Gasteiger partial charge in [0.25, 0.3) is 5.91 Å². The van der Waals surface area contributed by atoms with Crippen molar-refractivity contribution >= 4 is 28.9 Å². The SMILES string of the molecule is O=C(CNc1cccc(NC(=O)c2ccccc2)c1)Nc1ccccc1OCC1CCCO1. The quantitative estimate of drug-likeness (QED) is 0.450. The van der Waals surface area contributed by atoms with Gasteiger partial charge in [0, 0.05) is 23.5 Å². The normalized spacial score (nSPS) is 15.0. The molecule has 2 amide bonds. The molecule has 0 saturated carbocycles. The molecule has 170 valence electrons. The number of carbonyl (C=O) groups excluding carboxylic acids is 2. The van der Waals surface area contributed by atoms with Crippen molar-refractivity contribution in [1.82, 2.24) is 0 Å². The monoisotopic (exact) mass is 445 g/mol. The van der Waals surface area contributed by atoms with Crippen molar-refractivity contribution in [3.8, 4) is 5.75 Å². The second-order valence-electron chi connectivity index (χ2n) is 7.74. The van der Waals surface area contributed by atoms with E-state index in [2.05, 4.69) is 16.0 Å². The number of hydrogen-bond donors (Lipinski definition) is 3. The zero-order valence-electron chi connectivity index (χ0n) is 18.3. The Morgan fingerprint density at radius 3 is 2.52 bits per heavy atom. The van der Waals surface area contributed by atoms with Crippen LogP contribution in [-0.4, -0.2) is 37.7 Å². The summed E-state index contributed by atoms with van der Waals surface area (Å²) in [7, 11) is 0. The van der Waals surface area contributed by atoms with E-state index in [4.69, 9.17) is 9.47 Å². The van der Waals surface area contributed by atoms with Gasteiger partial charge < -0.3 is 25.4 Å². The van der Waals surface area contributed by atoms with Crippen molar-refractivity contribution in [2.24, 2.45) is 0 Å². The average Bonchev–Trinajstić information content (AvgIpc) is 3.37. The summed E-state index contributed by atoms with van der Waals surface area (Å²) in [5.74, 6) is 0.221. The van der Waals surface area contributed by atoms with Crippen LogP contribution in [-0.2, 0) is 9.53 Å². The fourth-order valence-corrected chi connectivity index (χ4v) is 3.53. The molecule has 3 aromatic carbocycles. The summed E-state index contributed by atoms with van der Waals surface area (Å²) in [6.07, 6.45) is 2.14. The van der Waals surface area contributed by atoms with Crippen LogP contribution in [0.5, 0.6) is 5.75 Å². The van der Waals surface area contributed by atoms with E-state index in [0.29, 0.717) is 29.3 Å². The zero-order chi connectivity index (χ0) is 22.9. The predicted molar refractivity (Wildman–Crippen MR) is 129 cm³/mol. The minimum Gasteiger partial charge on any atom is -0.489 e. The fourth-order valence-electron chi connectivity index (χ4n) is 3.53. The third kappa shape index (κ3) is 6.57. The Morgan fingerprint density at radius 2 is 1.70 bits per heavy atom. The van der Waals surface area contributed by atoms with Crippen LogP contribution in [0.15, 0.2) is 78.9 Å². The van der Waals surface area contributed by atoms with Crippen LogP contribution in [0.25, 0.3) is 0 Å². The van der Waals surface area contributed by atoms with Gasteiger partial charge in [0.2, 0.25) is 5.91 Å². The number of rotatable bonds is 9. The second-order valence-corrected chi connectivity index (χ2v) is 7.74. The van der Waals surface area contributed by atoms with E-state index in [-0.39, 0.29) is 24.5 Å². The summed E-state index contributed by atoms with van der Waals surface area (Å²) in [6, 6.07) is 23.6. The van der Waals surface area contributed by atoms with E-state index in [1.807, 2.05) is 54.6 Å². The van der Waals surface area contributed by atoms with Crippen molar-refractivity contribution in [2.45, 2.75) is 18.9 Å². The third-order valence-corrected chi connectivity index (χ3v) is 5.22. The molecule has 7 nitrogen and oxygen atoms in total. The molecule has 1 heterocycles. The van der Waals surface area contributed by atoms with Gasteiger partial charge in [-0.25, -0.2) is 0 Å². The molecule has 1 aliphatic rings. The Kier molecular flexibility index (Phi) is 7.56. The van der Waals surface area contributed by atoms with E-state index < -0.39 is 0 Å². The lowest BCUT2D eigenvalue weighted by atomic mass is 10.2. The molecule has 0 aromatic heterocycles. The van der Waals surface area contributed by atoms with E-state index in [0.717, 1.165) is 25.1 Å². The van der Waals surface area contributed by atoms with E-state index in [1.54, 1.807) is 24.3 Å². The van der Waals surface area contributed by atoms with Crippen LogP contribution in [0.2, 0.25) is 0 Å². The first-order valence-electron chi connectivity index (χ1n) is 11.0. The molecular weight excluding hydrogens is 418 g/mol. The van der Waals surface area contributed by atoms with Crippen LogP contribution >= 0.6 is 0 Å². The van der Waals surface area contributed by atoms with Gasteiger partial charge in [-0.15, -0.1) is 0 Å². The summed E-state index contributed by atoms with van der Waals surface area (Å²) in [6.45, 7) is 1.30. The Hall–Kier alpha value is -3.84.